The fourth-order valence-electron chi connectivity index (χ4n) is 2.69. The molecule has 0 atom stereocenters. The predicted octanol–water partition coefficient (Wildman–Crippen LogP) is 2.60. The summed E-state index contributed by atoms with van der Waals surface area (Å²) in [4.78, 5) is 6.70. The van der Waals surface area contributed by atoms with Crippen LogP contribution in [0.2, 0.25) is 0 Å². The molecule has 2 aromatic rings. The lowest BCUT2D eigenvalue weighted by Gasteiger charge is -2.23. The van der Waals surface area contributed by atoms with E-state index in [2.05, 4.69) is 9.88 Å². The normalized spacial score (nSPS) is 18.6. The summed E-state index contributed by atoms with van der Waals surface area (Å²) in [5.74, 6) is 1.65. The Bertz CT molecular complexity index is 761. The summed E-state index contributed by atoms with van der Waals surface area (Å²) in [6.45, 7) is 1.20. The lowest BCUT2D eigenvalue weighted by molar-refractivity contribution is 0.597. The summed E-state index contributed by atoms with van der Waals surface area (Å²) >= 11 is 5.94. The number of alkyl halides is 1. The van der Waals surface area contributed by atoms with Gasteiger partial charge in [-0.2, -0.15) is 0 Å². The molecule has 0 amide bonds. The number of pyridine rings is 1. The van der Waals surface area contributed by atoms with Crippen molar-refractivity contribution in [3.8, 4) is 0 Å². The first-order valence-corrected chi connectivity index (χ1v) is 9.35. The molecule has 112 valence electrons. The number of sulfone groups is 1. The maximum Gasteiger partial charge on any atom is 0.152 e. The Hall–Kier alpha value is -1.33. The van der Waals surface area contributed by atoms with Gasteiger partial charge < -0.3 is 4.90 Å². The molecule has 1 aromatic heterocycles. The Labute approximate surface area is 129 Å². The lowest BCUT2D eigenvalue weighted by Crippen LogP contribution is -2.28. The molecule has 1 aromatic carbocycles. The summed E-state index contributed by atoms with van der Waals surface area (Å²) < 4.78 is 23.5. The summed E-state index contributed by atoms with van der Waals surface area (Å²) in [6, 6.07) is 10.0. The molecule has 0 spiro atoms. The minimum atomic E-state index is -2.92. The van der Waals surface area contributed by atoms with Gasteiger partial charge in [-0.1, -0.05) is 24.3 Å². The highest BCUT2D eigenvalue weighted by Gasteiger charge is 2.21. The van der Waals surface area contributed by atoms with Crippen LogP contribution >= 0.6 is 11.6 Å². The van der Waals surface area contributed by atoms with Gasteiger partial charge in [-0.05, 0) is 17.9 Å². The van der Waals surface area contributed by atoms with Crippen molar-refractivity contribution in [1.29, 1.82) is 0 Å². The molecule has 21 heavy (non-hydrogen) atoms. The average Bonchev–Trinajstić information content (AvgIpc) is 2.67. The number of nitrogens with zero attached hydrogens (tertiary/aromatic N) is 2. The van der Waals surface area contributed by atoms with Gasteiger partial charge in [0, 0.05) is 18.5 Å². The molecular formula is C15H17ClN2O2S. The van der Waals surface area contributed by atoms with Crippen LogP contribution in [0, 0.1) is 0 Å². The summed E-state index contributed by atoms with van der Waals surface area (Å²) in [6.07, 6.45) is 0.642. The molecule has 6 heteroatoms. The van der Waals surface area contributed by atoms with E-state index < -0.39 is 9.84 Å². The van der Waals surface area contributed by atoms with E-state index >= 15 is 0 Å². The Kier molecular flexibility index (Phi) is 4.04. The van der Waals surface area contributed by atoms with E-state index in [1.165, 1.54) is 0 Å². The molecule has 1 saturated heterocycles. The molecule has 3 rings (SSSR count). The summed E-state index contributed by atoms with van der Waals surface area (Å²) in [7, 11) is -2.92. The van der Waals surface area contributed by atoms with Crippen LogP contribution in [0.15, 0.2) is 30.3 Å². The second kappa shape index (κ2) is 5.81. The van der Waals surface area contributed by atoms with Crippen molar-refractivity contribution in [2.75, 3.05) is 29.5 Å². The third kappa shape index (κ3) is 3.14. The van der Waals surface area contributed by atoms with Crippen LogP contribution in [0.4, 0.5) is 5.82 Å². The number of aromatic nitrogens is 1. The van der Waals surface area contributed by atoms with Crippen LogP contribution in [0.1, 0.15) is 12.1 Å². The largest absolute Gasteiger partial charge is 0.355 e. The Morgan fingerprint density at radius 1 is 1.19 bits per heavy atom. The van der Waals surface area contributed by atoms with Crippen LogP contribution in [-0.4, -0.2) is 38.0 Å². The zero-order valence-corrected chi connectivity index (χ0v) is 13.2. The van der Waals surface area contributed by atoms with Crippen LogP contribution in [0.3, 0.4) is 0 Å². The first kappa shape index (κ1) is 14.6. The maximum atomic E-state index is 11.8. The molecule has 0 bridgehead atoms. The van der Waals surface area contributed by atoms with Gasteiger partial charge in [0.1, 0.15) is 5.82 Å². The molecule has 0 aliphatic carbocycles. The van der Waals surface area contributed by atoms with E-state index in [0.717, 1.165) is 22.3 Å². The van der Waals surface area contributed by atoms with Gasteiger partial charge in [-0.3, -0.25) is 0 Å². The predicted molar refractivity (Wildman–Crippen MR) is 86.8 cm³/mol. The third-order valence-electron chi connectivity index (χ3n) is 3.77. The SMILES string of the molecule is O=S1(=O)CCCN(c2nc(CCl)cc3ccccc23)CC1. The van der Waals surface area contributed by atoms with E-state index in [1.807, 2.05) is 30.3 Å². The first-order chi connectivity index (χ1) is 10.1. The molecule has 0 N–H and O–H groups in total. The molecule has 0 unspecified atom stereocenters. The molecule has 4 nitrogen and oxygen atoms in total. The van der Waals surface area contributed by atoms with Crippen molar-refractivity contribution in [2.24, 2.45) is 0 Å². The highest BCUT2D eigenvalue weighted by atomic mass is 35.5. The number of anilines is 1. The number of hydrogen-bond acceptors (Lipinski definition) is 4. The van der Waals surface area contributed by atoms with E-state index in [0.29, 0.717) is 25.4 Å². The van der Waals surface area contributed by atoms with E-state index in [1.54, 1.807) is 0 Å². The second-order valence-corrected chi connectivity index (χ2v) is 7.86. The smallest absolute Gasteiger partial charge is 0.152 e. The minimum absolute atomic E-state index is 0.189. The molecular weight excluding hydrogens is 308 g/mol. The van der Waals surface area contributed by atoms with Gasteiger partial charge >= 0.3 is 0 Å². The number of fused-ring (bicyclic) bond motifs is 1. The highest BCUT2D eigenvalue weighted by molar-refractivity contribution is 7.91. The van der Waals surface area contributed by atoms with Crippen molar-refractivity contribution >= 4 is 38.0 Å². The Morgan fingerprint density at radius 3 is 2.81 bits per heavy atom. The third-order valence-corrected chi connectivity index (χ3v) is 5.75. The van der Waals surface area contributed by atoms with Crippen molar-refractivity contribution in [2.45, 2.75) is 12.3 Å². The topological polar surface area (TPSA) is 50.3 Å². The van der Waals surface area contributed by atoms with Crippen LogP contribution < -0.4 is 4.90 Å². The van der Waals surface area contributed by atoms with Crippen molar-refractivity contribution in [3.63, 3.8) is 0 Å². The van der Waals surface area contributed by atoms with Crippen molar-refractivity contribution in [3.05, 3.63) is 36.0 Å². The monoisotopic (exact) mass is 324 g/mol. The van der Waals surface area contributed by atoms with Gasteiger partial charge in [0.2, 0.25) is 0 Å². The van der Waals surface area contributed by atoms with Crippen molar-refractivity contribution < 1.29 is 8.42 Å². The Morgan fingerprint density at radius 2 is 2.00 bits per heavy atom. The Balaban J connectivity index is 2.06. The summed E-state index contributed by atoms with van der Waals surface area (Å²) in [5.41, 5.74) is 0.817. The standard InChI is InChI=1S/C15H17ClN2O2S/c16-11-13-10-12-4-1-2-5-14(12)15(17-13)18-6-3-8-21(19,20)9-7-18/h1-2,4-5,10H,3,6-9,11H2. The molecule has 2 heterocycles. The first-order valence-electron chi connectivity index (χ1n) is 6.99. The van der Waals surface area contributed by atoms with Gasteiger partial charge in [0.15, 0.2) is 9.84 Å². The number of benzene rings is 1. The zero-order valence-electron chi connectivity index (χ0n) is 11.6. The number of hydrogen-bond donors (Lipinski definition) is 0. The fourth-order valence-corrected chi connectivity index (χ4v) is 4.10. The fraction of sp³-hybridized carbons (Fsp3) is 0.400. The zero-order chi connectivity index (χ0) is 14.9. The number of rotatable bonds is 2. The van der Waals surface area contributed by atoms with Gasteiger partial charge in [0.25, 0.3) is 0 Å². The maximum absolute atomic E-state index is 11.8. The van der Waals surface area contributed by atoms with Crippen LogP contribution in [-0.2, 0) is 15.7 Å². The van der Waals surface area contributed by atoms with E-state index in [9.17, 15) is 8.42 Å². The molecule has 0 saturated carbocycles. The van der Waals surface area contributed by atoms with Crippen molar-refractivity contribution in [1.82, 2.24) is 4.98 Å². The van der Waals surface area contributed by atoms with Gasteiger partial charge in [-0.25, -0.2) is 13.4 Å². The quantitative estimate of drug-likeness (QED) is 0.797. The summed E-state index contributed by atoms with van der Waals surface area (Å²) in [5, 5.41) is 2.14. The van der Waals surface area contributed by atoms with Crippen LogP contribution in [0.5, 0.6) is 0 Å². The lowest BCUT2D eigenvalue weighted by atomic mass is 10.1. The molecule has 0 radical (unpaired) electrons. The highest BCUT2D eigenvalue weighted by Crippen LogP contribution is 2.27. The molecule has 1 aliphatic rings. The minimum Gasteiger partial charge on any atom is -0.355 e. The molecule has 1 aliphatic heterocycles. The number of halogens is 1. The van der Waals surface area contributed by atoms with Gasteiger partial charge in [-0.15, -0.1) is 11.6 Å². The second-order valence-electron chi connectivity index (χ2n) is 5.28. The van der Waals surface area contributed by atoms with E-state index in [-0.39, 0.29) is 11.5 Å². The molecule has 1 fully saturated rings. The van der Waals surface area contributed by atoms with Gasteiger partial charge in [0.05, 0.1) is 23.1 Å². The average molecular weight is 325 g/mol. The van der Waals surface area contributed by atoms with E-state index in [4.69, 9.17) is 11.6 Å². The van der Waals surface area contributed by atoms with Crippen LogP contribution in [0.25, 0.3) is 10.8 Å².